The summed E-state index contributed by atoms with van der Waals surface area (Å²) in [6.07, 6.45) is 0.779. The Morgan fingerprint density at radius 3 is 2.46 bits per heavy atom. The Hall–Kier alpha value is -2.21. The smallest absolute Gasteiger partial charge is 0.320 e. The normalized spacial score (nSPS) is 13.9. The second-order valence-electron chi connectivity index (χ2n) is 6.37. The van der Waals surface area contributed by atoms with E-state index in [1.54, 1.807) is 0 Å². The molecule has 0 saturated carbocycles. The van der Waals surface area contributed by atoms with Gasteiger partial charge in [-0.3, -0.25) is 10.1 Å². The van der Waals surface area contributed by atoms with Crippen molar-refractivity contribution in [3.05, 3.63) is 35.7 Å². The Morgan fingerprint density at radius 1 is 1.25 bits per heavy atom. The fourth-order valence-corrected chi connectivity index (χ4v) is 2.43. The molecule has 6 heteroatoms. The van der Waals surface area contributed by atoms with Gasteiger partial charge in [-0.1, -0.05) is 63.5 Å². The van der Waals surface area contributed by atoms with Gasteiger partial charge >= 0.3 is 5.97 Å². The molecule has 2 rings (SSSR count). The van der Waals surface area contributed by atoms with Crippen LogP contribution < -0.4 is 5.32 Å². The fraction of sp³-hybridized carbons (Fsp3) is 0.500. The SMILES string of the molecule is CC[C@H](C)[C@H](NCc1nc(-c2ccc(C(C)C)cc2)no1)C(=O)O. The number of rotatable bonds is 8. The topological polar surface area (TPSA) is 88.3 Å². The van der Waals surface area contributed by atoms with Crippen molar-refractivity contribution in [2.75, 3.05) is 0 Å². The van der Waals surface area contributed by atoms with E-state index in [0.717, 1.165) is 12.0 Å². The molecule has 0 fully saturated rings. The second kappa shape index (κ2) is 8.06. The molecule has 1 aromatic carbocycles. The van der Waals surface area contributed by atoms with Crippen LogP contribution in [0.25, 0.3) is 11.4 Å². The second-order valence-corrected chi connectivity index (χ2v) is 6.37. The van der Waals surface area contributed by atoms with Crippen LogP contribution in [0.2, 0.25) is 0 Å². The van der Waals surface area contributed by atoms with Crippen molar-refractivity contribution < 1.29 is 14.4 Å². The number of aliphatic carboxylic acids is 1. The molecule has 130 valence electrons. The summed E-state index contributed by atoms with van der Waals surface area (Å²) in [5.74, 6) is 0.518. The molecule has 0 bridgehead atoms. The Balaban J connectivity index is 2.03. The summed E-state index contributed by atoms with van der Waals surface area (Å²) in [5, 5.41) is 16.2. The van der Waals surface area contributed by atoms with Crippen LogP contribution in [0.1, 0.15) is 51.5 Å². The zero-order valence-electron chi connectivity index (χ0n) is 14.6. The summed E-state index contributed by atoms with van der Waals surface area (Å²) >= 11 is 0. The van der Waals surface area contributed by atoms with Gasteiger partial charge in [0.1, 0.15) is 6.04 Å². The quantitative estimate of drug-likeness (QED) is 0.770. The van der Waals surface area contributed by atoms with Gasteiger partial charge in [0.2, 0.25) is 11.7 Å². The maximum Gasteiger partial charge on any atom is 0.320 e. The molecule has 0 aliphatic rings. The van der Waals surface area contributed by atoms with E-state index < -0.39 is 12.0 Å². The number of nitrogens with zero attached hydrogens (tertiary/aromatic N) is 2. The lowest BCUT2D eigenvalue weighted by atomic mass is 9.99. The molecule has 0 amide bonds. The average molecular weight is 331 g/mol. The van der Waals surface area contributed by atoms with Crippen LogP contribution in [0.3, 0.4) is 0 Å². The predicted octanol–water partition coefficient (Wildman–Crippen LogP) is 3.45. The highest BCUT2D eigenvalue weighted by molar-refractivity contribution is 5.73. The summed E-state index contributed by atoms with van der Waals surface area (Å²) in [4.78, 5) is 15.6. The van der Waals surface area contributed by atoms with Gasteiger partial charge < -0.3 is 9.63 Å². The molecule has 1 heterocycles. The molecular formula is C18H25N3O3. The molecule has 0 saturated heterocycles. The van der Waals surface area contributed by atoms with Gasteiger partial charge in [0.15, 0.2) is 0 Å². The predicted molar refractivity (Wildman–Crippen MR) is 91.5 cm³/mol. The van der Waals surface area contributed by atoms with Crippen molar-refractivity contribution in [2.45, 2.75) is 52.6 Å². The molecule has 2 N–H and O–H groups in total. The van der Waals surface area contributed by atoms with Gasteiger partial charge in [-0.15, -0.1) is 0 Å². The third kappa shape index (κ3) is 4.41. The van der Waals surface area contributed by atoms with E-state index in [1.165, 1.54) is 5.56 Å². The molecule has 0 aliphatic heterocycles. The molecule has 6 nitrogen and oxygen atoms in total. The molecule has 1 aromatic heterocycles. The summed E-state index contributed by atoms with van der Waals surface area (Å²) < 4.78 is 5.22. The summed E-state index contributed by atoms with van der Waals surface area (Å²) in [6, 6.07) is 7.42. The maximum absolute atomic E-state index is 11.3. The molecule has 2 aromatic rings. The van der Waals surface area contributed by atoms with Crippen molar-refractivity contribution in [2.24, 2.45) is 5.92 Å². The number of carbonyl (C=O) groups is 1. The monoisotopic (exact) mass is 331 g/mol. The van der Waals surface area contributed by atoms with Crippen LogP contribution in [0.4, 0.5) is 0 Å². The van der Waals surface area contributed by atoms with Gasteiger partial charge in [0.25, 0.3) is 0 Å². The van der Waals surface area contributed by atoms with Crippen LogP contribution in [0.15, 0.2) is 28.8 Å². The number of nitrogens with one attached hydrogen (secondary N) is 1. The number of benzene rings is 1. The lowest BCUT2D eigenvalue weighted by Gasteiger charge is -2.18. The maximum atomic E-state index is 11.3. The number of hydrogen-bond donors (Lipinski definition) is 2. The van der Waals surface area contributed by atoms with Gasteiger partial charge in [-0.25, -0.2) is 0 Å². The fourth-order valence-electron chi connectivity index (χ4n) is 2.43. The summed E-state index contributed by atoms with van der Waals surface area (Å²) in [5.41, 5.74) is 2.13. The zero-order chi connectivity index (χ0) is 17.7. The first kappa shape index (κ1) is 18.1. The molecule has 0 unspecified atom stereocenters. The van der Waals surface area contributed by atoms with Gasteiger partial charge in [0, 0.05) is 5.56 Å². The molecule has 0 radical (unpaired) electrons. The number of carboxylic acids is 1. The van der Waals surface area contributed by atoms with Crippen LogP contribution in [0, 0.1) is 5.92 Å². The molecular weight excluding hydrogens is 306 g/mol. The average Bonchev–Trinajstić information content (AvgIpc) is 3.03. The van der Waals surface area contributed by atoms with E-state index in [1.807, 2.05) is 26.0 Å². The lowest BCUT2D eigenvalue weighted by Crippen LogP contribution is -2.41. The van der Waals surface area contributed by atoms with Crippen LogP contribution in [0.5, 0.6) is 0 Å². The van der Waals surface area contributed by atoms with Crippen molar-refractivity contribution in [1.82, 2.24) is 15.5 Å². The van der Waals surface area contributed by atoms with Crippen LogP contribution in [-0.2, 0) is 11.3 Å². The number of aromatic nitrogens is 2. The molecule has 0 aliphatic carbocycles. The largest absolute Gasteiger partial charge is 0.480 e. The van der Waals surface area contributed by atoms with Crippen molar-refractivity contribution in [3.63, 3.8) is 0 Å². The minimum atomic E-state index is -0.867. The minimum absolute atomic E-state index is 0.0217. The van der Waals surface area contributed by atoms with Gasteiger partial charge in [-0.05, 0) is 17.4 Å². The highest BCUT2D eigenvalue weighted by atomic mass is 16.5. The third-order valence-electron chi connectivity index (χ3n) is 4.26. The van der Waals surface area contributed by atoms with E-state index in [-0.39, 0.29) is 12.5 Å². The van der Waals surface area contributed by atoms with E-state index in [9.17, 15) is 9.90 Å². The van der Waals surface area contributed by atoms with E-state index >= 15 is 0 Å². The molecule has 0 spiro atoms. The minimum Gasteiger partial charge on any atom is -0.480 e. The van der Waals surface area contributed by atoms with E-state index in [2.05, 4.69) is 41.4 Å². The Kier molecular flexibility index (Phi) is 6.09. The standard InChI is InChI=1S/C18H25N3O3/c1-5-12(4)16(18(22)23)19-10-15-20-17(21-24-15)14-8-6-13(7-9-14)11(2)3/h6-9,11-12,16,19H,5,10H2,1-4H3,(H,22,23)/t12-,16-/m0/s1. The van der Waals surface area contributed by atoms with Crippen molar-refractivity contribution in [1.29, 1.82) is 0 Å². The zero-order valence-corrected chi connectivity index (χ0v) is 14.6. The first-order valence-electron chi connectivity index (χ1n) is 8.31. The number of carboxylic acid groups (broad SMARTS) is 1. The van der Waals surface area contributed by atoms with Crippen molar-refractivity contribution >= 4 is 5.97 Å². The van der Waals surface area contributed by atoms with E-state index in [4.69, 9.17) is 4.52 Å². The van der Waals surface area contributed by atoms with Gasteiger partial charge in [-0.2, -0.15) is 4.98 Å². The first-order valence-corrected chi connectivity index (χ1v) is 8.31. The Morgan fingerprint density at radius 2 is 1.92 bits per heavy atom. The lowest BCUT2D eigenvalue weighted by molar-refractivity contribution is -0.140. The summed E-state index contributed by atoms with van der Waals surface area (Å²) in [6.45, 7) is 8.39. The first-order chi connectivity index (χ1) is 11.4. The summed E-state index contributed by atoms with van der Waals surface area (Å²) in [7, 11) is 0. The number of hydrogen-bond acceptors (Lipinski definition) is 5. The van der Waals surface area contributed by atoms with Crippen LogP contribution >= 0.6 is 0 Å². The van der Waals surface area contributed by atoms with Crippen LogP contribution in [-0.4, -0.2) is 27.3 Å². The third-order valence-corrected chi connectivity index (χ3v) is 4.26. The van der Waals surface area contributed by atoms with Crippen molar-refractivity contribution in [3.8, 4) is 11.4 Å². The Labute approximate surface area is 142 Å². The molecule has 24 heavy (non-hydrogen) atoms. The highest BCUT2D eigenvalue weighted by Gasteiger charge is 2.23. The molecule has 2 atom stereocenters. The highest BCUT2D eigenvalue weighted by Crippen LogP contribution is 2.20. The van der Waals surface area contributed by atoms with Gasteiger partial charge in [0.05, 0.1) is 6.54 Å². The van der Waals surface area contributed by atoms with E-state index in [0.29, 0.717) is 17.6 Å². The Bertz CT molecular complexity index is 664.